The van der Waals surface area contributed by atoms with E-state index in [1.54, 1.807) is 43.8 Å². The number of rotatable bonds is 5. The van der Waals surface area contributed by atoms with Gasteiger partial charge in [-0.1, -0.05) is 0 Å². The molecule has 0 saturated carbocycles. The number of thiophene rings is 1. The molecule has 0 amide bonds. The van der Waals surface area contributed by atoms with E-state index in [1.807, 2.05) is 12.1 Å². The van der Waals surface area contributed by atoms with Crippen molar-refractivity contribution in [1.29, 1.82) is 0 Å². The van der Waals surface area contributed by atoms with Crippen molar-refractivity contribution in [3.05, 3.63) is 44.6 Å². The third kappa shape index (κ3) is 3.36. The Bertz CT molecular complexity index is 592. The largest absolute Gasteiger partial charge is 0.493 e. The minimum absolute atomic E-state index is 0.0651. The second-order valence-corrected chi connectivity index (χ2v) is 6.42. The van der Waals surface area contributed by atoms with Crippen LogP contribution in [0.15, 0.2) is 34.1 Å². The molecule has 0 bridgehead atoms. The van der Waals surface area contributed by atoms with E-state index in [-0.39, 0.29) is 5.78 Å². The van der Waals surface area contributed by atoms with E-state index < -0.39 is 0 Å². The summed E-state index contributed by atoms with van der Waals surface area (Å²) in [5, 5.41) is 0. The van der Waals surface area contributed by atoms with E-state index in [0.29, 0.717) is 23.5 Å². The molecule has 100 valence electrons. The fraction of sp³-hybridized carbons (Fsp3) is 0.214. The lowest BCUT2D eigenvalue weighted by molar-refractivity contribution is 0.0993. The van der Waals surface area contributed by atoms with Crippen molar-refractivity contribution in [1.82, 2.24) is 0 Å². The van der Waals surface area contributed by atoms with Crippen LogP contribution in [0, 0.1) is 0 Å². The smallest absolute Gasteiger partial charge is 0.168 e. The van der Waals surface area contributed by atoms with E-state index in [4.69, 9.17) is 9.47 Å². The Labute approximate surface area is 124 Å². The molecule has 1 aromatic carbocycles. The maximum atomic E-state index is 12.2. The van der Waals surface area contributed by atoms with Crippen molar-refractivity contribution in [3.63, 3.8) is 0 Å². The molecule has 0 radical (unpaired) electrons. The normalized spacial score (nSPS) is 10.3. The van der Waals surface area contributed by atoms with Gasteiger partial charge in [0.1, 0.15) is 0 Å². The topological polar surface area (TPSA) is 35.5 Å². The molecule has 0 saturated heterocycles. The Balaban J connectivity index is 2.19. The number of Topliss-reactive ketones (excluding diaryl/α,β-unsaturated/α-hetero) is 1. The second kappa shape index (κ2) is 6.21. The van der Waals surface area contributed by atoms with Crippen LogP contribution in [0.5, 0.6) is 11.5 Å². The lowest BCUT2D eigenvalue weighted by atomic mass is 10.1. The average Bonchev–Trinajstić information content (AvgIpc) is 2.83. The zero-order valence-electron chi connectivity index (χ0n) is 10.6. The van der Waals surface area contributed by atoms with Crippen LogP contribution in [0.3, 0.4) is 0 Å². The zero-order valence-corrected chi connectivity index (χ0v) is 13.0. The van der Waals surface area contributed by atoms with E-state index in [1.165, 1.54) is 0 Å². The molecule has 0 fully saturated rings. The van der Waals surface area contributed by atoms with Gasteiger partial charge in [0.2, 0.25) is 0 Å². The number of hydrogen-bond donors (Lipinski definition) is 0. The van der Waals surface area contributed by atoms with Crippen molar-refractivity contribution >= 4 is 33.0 Å². The fourth-order valence-corrected chi connectivity index (χ4v) is 3.20. The molecule has 2 rings (SSSR count). The minimum atomic E-state index is 0.0651. The number of halogens is 1. The van der Waals surface area contributed by atoms with Gasteiger partial charge in [0, 0.05) is 16.9 Å². The number of carbonyl (C=O) groups is 1. The van der Waals surface area contributed by atoms with Gasteiger partial charge in [-0.2, -0.15) is 0 Å². The maximum absolute atomic E-state index is 12.2. The van der Waals surface area contributed by atoms with Gasteiger partial charge in [-0.25, -0.2) is 0 Å². The van der Waals surface area contributed by atoms with Gasteiger partial charge in [0.15, 0.2) is 17.3 Å². The van der Waals surface area contributed by atoms with E-state index in [0.717, 1.165) is 8.66 Å². The van der Waals surface area contributed by atoms with Crippen molar-refractivity contribution in [2.45, 2.75) is 6.42 Å². The number of carbonyl (C=O) groups excluding carboxylic acids is 1. The summed E-state index contributed by atoms with van der Waals surface area (Å²) in [5.41, 5.74) is 0.627. The predicted molar refractivity (Wildman–Crippen MR) is 79.6 cm³/mol. The molecule has 0 aliphatic rings. The Morgan fingerprint density at radius 1 is 1.16 bits per heavy atom. The number of benzene rings is 1. The molecule has 1 heterocycles. The second-order valence-electron chi connectivity index (χ2n) is 3.88. The number of ketones is 1. The molecule has 0 atom stereocenters. The molecule has 0 unspecified atom stereocenters. The lowest BCUT2D eigenvalue weighted by Gasteiger charge is -2.08. The molecule has 3 nitrogen and oxygen atoms in total. The van der Waals surface area contributed by atoms with Gasteiger partial charge in [0.05, 0.1) is 18.0 Å². The molecular weight excluding hydrogens is 328 g/mol. The van der Waals surface area contributed by atoms with Crippen LogP contribution < -0.4 is 9.47 Å². The summed E-state index contributed by atoms with van der Waals surface area (Å²) in [6, 6.07) is 9.11. The molecule has 5 heteroatoms. The quantitative estimate of drug-likeness (QED) is 0.773. The Hall–Kier alpha value is -1.33. The highest BCUT2D eigenvalue weighted by atomic mass is 79.9. The number of methoxy groups -OCH3 is 2. The Kier molecular flexibility index (Phi) is 4.61. The molecule has 0 aliphatic heterocycles. The minimum Gasteiger partial charge on any atom is -0.493 e. The van der Waals surface area contributed by atoms with Crippen molar-refractivity contribution in [2.24, 2.45) is 0 Å². The zero-order chi connectivity index (χ0) is 13.8. The summed E-state index contributed by atoms with van der Waals surface area (Å²) >= 11 is 4.96. The van der Waals surface area contributed by atoms with Crippen molar-refractivity contribution in [3.8, 4) is 11.5 Å². The first-order valence-electron chi connectivity index (χ1n) is 5.63. The maximum Gasteiger partial charge on any atom is 0.168 e. The highest BCUT2D eigenvalue weighted by Crippen LogP contribution is 2.29. The molecule has 0 N–H and O–H groups in total. The van der Waals surface area contributed by atoms with E-state index in [2.05, 4.69) is 15.9 Å². The molecule has 0 spiro atoms. The summed E-state index contributed by atoms with van der Waals surface area (Å²) in [7, 11) is 3.13. The van der Waals surface area contributed by atoms with Gasteiger partial charge in [-0.05, 0) is 46.3 Å². The van der Waals surface area contributed by atoms with Gasteiger partial charge in [0.25, 0.3) is 0 Å². The first-order chi connectivity index (χ1) is 9.13. The molecular formula is C14H13BrO3S. The SMILES string of the molecule is COc1ccc(C(=O)Cc2ccc(Br)s2)cc1OC. The van der Waals surface area contributed by atoms with Gasteiger partial charge < -0.3 is 9.47 Å². The molecule has 0 aliphatic carbocycles. The number of ether oxygens (including phenoxy) is 2. The van der Waals surface area contributed by atoms with E-state index >= 15 is 0 Å². The van der Waals surface area contributed by atoms with Gasteiger partial charge >= 0.3 is 0 Å². The van der Waals surface area contributed by atoms with E-state index in [9.17, 15) is 4.79 Å². The summed E-state index contributed by atoms with van der Waals surface area (Å²) in [6.45, 7) is 0. The van der Waals surface area contributed by atoms with Crippen LogP contribution in [0.1, 0.15) is 15.2 Å². The molecule has 1 aromatic heterocycles. The van der Waals surface area contributed by atoms with Crippen LogP contribution in [-0.4, -0.2) is 20.0 Å². The van der Waals surface area contributed by atoms with Crippen molar-refractivity contribution < 1.29 is 14.3 Å². The van der Waals surface area contributed by atoms with Crippen LogP contribution in [0.2, 0.25) is 0 Å². The first kappa shape index (κ1) is 14.1. The third-order valence-electron chi connectivity index (χ3n) is 2.67. The average molecular weight is 341 g/mol. The van der Waals surface area contributed by atoms with Gasteiger partial charge in [-0.3, -0.25) is 4.79 Å². The van der Waals surface area contributed by atoms with Crippen LogP contribution in [-0.2, 0) is 6.42 Å². The van der Waals surface area contributed by atoms with Crippen LogP contribution in [0.25, 0.3) is 0 Å². The predicted octanol–water partition coefficient (Wildman–Crippen LogP) is 3.95. The van der Waals surface area contributed by atoms with Crippen LogP contribution >= 0.6 is 27.3 Å². The van der Waals surface area contributed by atoms with Gasteiger partial charge in [-0.15, -0.1) is 11.3 Å². The first-order valence-corrected chi connectivity index (χ1v) is 7.24. The monoisotopic (exact) mass is 340 g/mol. The summed E-state index contributed by atoms with van der Waals surface area (Å²) in [4.78, 5) is 13.2. The summed E-state index contributed by atoms with van der Waals surface area (Å²) in [5.74, 6) is 1.26. The third-order valence-corrected chi connectivity index (χ3v) is 4.29. The number of hydrogen-bond acceptors (Lipinski definition) is 4. The Morgan fingerprint density at radius 3 is 2.47 bits per heavy atom. The fourth-order valence-electron chi connectivity index (χ4n) is 1.72. The summed E-state index contributed by atoms with van der Waals surface area (Å²) in [6.07, 6.45) is 0.395. The Morgan fingerprint density at radius 2 is 1.89 bits per heavy atom. The molecule has 2 aromatic rings. The highest BCUT2D eigenvalue weighted by molar-refractivity contribution is 9.11. The van der Waals surface area contributed by atoms with Crippen molar-refractivity contribution in [2.75, 3.05) is 14.2 Å². The van der Waals surface area contributed by atoms with Crippen LogP contribution in [0.4, 0.5) is 0 Å². The lowest BCUT2D eigenvalue weighted by Crippen LogP contribution is -2.03. The molecule has 19 heavy (non-hydrogen) atoms. The summed E-state index contributed by atoms with van der Waals surface area (Å²) < 4.78 is 11.4. The standard InChI is InChI=1S/C14H13BrO3S/c1-17-12-5-3-9(7-13(12)18-2)11(16)8-10-4-6-14(15)19-10/h3-7H,8H2,1-2H3. The highest BCUT2D eigenvalue weighted by Gasteiger charge is 2.12.